The monoisotopic (exact) mass is 210 g/mol. The van der Waals surface area contributed by atoms with Crippen molar-refractivity contribution in [2.24, 2.45) is 0 Å². The van der Waals surface area contributed by atoms with Crippen molar-refractivity contribution in [3.8, 4) is 0 Å². The van der Waals surface area contributed by atoms with E-state index < -0.39 is 0 Å². The molecule has 16 heavy (non-hydrogen) atoms. The average molecular weight is 210 g/mol. The first kappa shape index (κ1) is 10.6. The lowest BCUT2D eigenvalue weighted by Crippen LogP contribution is -1.88. The van der Waals surface area contributed by atoms with Gasteiger partial charge in [0.1, 0.15) is 0 Å². The lowest BCUT2D eigenvalue weighted by atomic mass is 10.1. The number of benzene rings is 2. The molecule has 0 spiro atoms. The summed E-state index contributed by atoms with van der Waals surface area (Å²) >= 11 is 0. The molecule has 0 saturated heterocycles. The number of Topliss-reactive ketones (excluding diaryl/α,β-unsaturated/α-hetero) is 1. The molecule has 80 valence electrons. The highest BCUT2D eigenvalue weighted by molar-refractivity contribution is 6.00. The Morgan fingerprint density at radius 3 is 1.81 bits per heavy atom. The summed E-state index contributed by atoms with van der Waals surface area (Å²) in [5.74, 6) is 0.301. The molecule has 0 heterocycles. The Kier molecular flexibility index (Phi) is 3.50. The van der Waals surface area contributed by atoms with Crippen LogP contribution < -0.4 is 0 Å². The molecule has 0 bridgehead atoms. The quantitative estimate of drug-likeness (QED) is 0.650. The summed E-state index contributed by atoms with van der Waals surface area (Å²) in [5, 5.41) is 0. The maximum Gasteiger partial charge on any atom is 0.163 e. The Labute approximate surface area is 95.7 Å². The second-order valence-corrected chi connectivity index (χ2v) is 3.74. The summed E-state index contributed by atoms with van der Waals surface area (Å²) in [4.78, 5) is 11.1. The number of aryl methyl sites for hydroxylation is 1. The molecule has 0 atom stereocenters. The summed E-state index contributed by atoms with van der Waals surface area (Å²) in [7, 11) is 0. The van der Waals surface area contributed by atoms with Crippen LogP contribution in [0.2, 0.25) is 0 Å². The van der Waals surface area contributed by atoms with E-state index in [1.54, 1.807) is 0 Å². The molecule has 0 fully saturated rings. The van der Waals surface area contributed by atoms with Crippen LogP contribution in [0.3, 0.4) is 0 Å². The van der Waals surface area contributed by atoms with E-state index in [1.165, 1.54) is 5.56 Å². The summed E-state index contributed by atoms with van der Waals surface area (Å²) in [5.41, 5.74) is 2.15. The first-order valence-corrected chi connectivity index (χ1v) is 5.49. The van der Waals surface area contributed by atoms with Crippen molar-refractivity contribution in [1.29, 1.82) is 0 Å². The van der Waals surface area contributed by atoms with Crippen LogP contribution in [-0.4, -0.2) is 5.78 Å². The standard InChI is InChI=1S/C9H8O.C6H6/c10-9-6-5-7-3-1-2-4-8(7)9;1-2-4-6-5-3-1/h1-4H,5-6H2;1-6H. The molecule has 0 unspecified atom stereocenters. The van der Waals surface area contributed by atoms with Gasteiger partial charge in [0, 0.05) is 12.0 Å². The van der Waals surface area contributed by atoms with Crippen LogP contribution in [0, 0.1) is 0 Å². The summed E-state index contributed by atoms with van der Waals surface area (Å²) in [6.45, 7) is 0. The minimum absolute atomic E-state index is 0.301. The minimum Gasteiger partial charge on any atom is -0.294 e. The van der Waals surface area contributed by atoms with Crippen LogP contribution in [0.25, 0.3) is 0 Å². The van der Waals surface area contributed by atoms with Crippen molar-refractivity contribution in [3.05, 3.63) is 71.8 Å². The van der Waals surface area contributed by atoms with Gasteiger partial charge in [0.2, 0.25) is 0 Å². The highest BCUT2D eigenvalue weighted by atomic mass is 16.1. The third-order valence-electron chi connectivity index (χ3n) is 2.61. The lowest BCUT2D eigenvalue weighted by Gasteiger charge is -1.92. The summed E-state index contributed by atoms with van der Waals surface area (Å²) in [6, 6.07) is 19.8. The molecule has 0 N–H and O–H groups in total. The number of hydrogen-bond donors (Lipinski definition) is 0. The Morgan fingerprint density at radius 1 is 0.688 bits per heavy atom. The van der Waals surface area contributed by atoms with Crippen molar-refractivity contribution in [1.82, 2.24) is 0 Å². The Morgan fingerprint density at radius 2 is 1.25 bits per heavy atom. The predicted molar refractivity (Wildman–Crippen MR) is 65.5 cm³/mol. The molecule has 0 aromatic heterocycles. The zero-order chi connectivity index (χ0) is 11.2. The minimum atomic E-state index is 0.301. The van der Waals surface area contributed by atoms with Gasteiger partial charge < -0.3 is 0 Å². The van der Waals surface area contributed by atoms with E-state index in [-0.39, 0.29) is 0 Å². The van der Waals surface area contributed by atoms with E-state index in [9.17, 15) is 4.79 Å². The number of carbonyl (C=O) groups is 1. The molecule has 0 saturated carbocycles. The van der Waals surface area contributed by atoms with Crippen LogP contribution in [-0.2, 0) is 6.42 Å². The second-order valence-electron chi connectivity index (χ2n) is 3.74. The number of ketones is 1. The van der Waals surface area contributed by atoms with Crippen molar-refractivity contribution < 1.29 is 4.79 Å². The Balaban J connectivity index is 0.000000138. The smallest absolute Gasteiger partial charge is 0.163 e. The van der Waals surface area contributed by atoms with Gasteiger partial charge in [0.05, 0.1) is 0 Å². The molecular weight excluding hydrogens is 196 g/mol. The summed E-state index contributed by atoms with van der Waals surface area (Å²) in [6.07, 6.45) is 1.65. The fourth-order valence-electron chi connectivity index (χ4n) is 1.78. The maximum atomic E-state index is 11.1. The van der Waals surface area contributed by atoms with Gasteiger partial charge >= 0.3 is 0 Å². The molecule has 2 aromatic carbocycles. The number of hydrogen-bond acceptors (Lipinski definition) is 1. The van der Waals surface area contributed by atoms with Gasteiger partial charge in [-0.1, -0.05) is 60.7 Å². The van der Waals surface area contributed by atoms with Gasteiger partial charge in [-0.25, -0.2) is 0 Å². The first-order chi connectivity index (χ1) is 7.88. The van der Waals surface area contributed by atoms with Gasteiger partial charge in [-0.2, -0.15) is 0 Å². The first-order valence-electron chi connectivity index (χ1n) is 5.49. The van der Waals surface area contributed by atoms with Crippen LogP contribution in [0.1, 0.15) is 22.3 Å². The highest BCUT2D eigenvalue weighted by Gasteiger charge is 2.17. The van der Waals surface area contributed by atoms with Crippen molar-refractivity contribution in [2.45, 2.75) is 12.8 Å². The number of rotatable bonds is 0. The van der Waals surface area contributed by atoms with Gasteiger partial charge in [-0.05, 0) is 12.0 Å². The van der Waals surface area contributed by atoms with E-state index in [0.29, 0.717) is 12.2 Å². The molecular formula is C15H14O. The average Bonchev–Trinajstić information content (AvgIpc) is 2.75. The zero-order valence-electron chi connectivity index (χ0n) is 9.10. The normalized spacial score (nSPS) is 12.6. The zero-order valence-corrected chi connectivity index (χ0v) is 9.10. The van der Waals surface area contributed by atoms with Gasteiger partial charge in [-0.15, -0.1) is 0 Å². The molecule has 0 aliphatic heterocycles. The predicted octanol–water partition coefficient (Wildman–Crippen LogP) is 3.50. The maximum absolute atomic E-state index is 11.1. The topological polar surface area (TPSA) is 17.1 Å². The van der Waals surface area contributed by atoms with Gasteiger partial charge in [-0.3, -0.25) is 4.79 Å². The molecule has 0 radical (unpaired) electrons. The summed E-state index contributed by atoms with van der Waals surface area (Å²) < 4.78 is 0. The molecule has 1 heteroatoms. The molecule has 2 aromatic rings. The van der Waals surface area contributed by atoms with Crippen LogP contribution >= 0.6 is 0 Å². The van der Waals surface area contributed by atoms with E-state index in [1.807, 2.05) is 60.7 Å². The van der Waals surface area contributed by atoms with E-state index in [2.05, 4.69) is 0 Å². The number of fused-ring (bicyclic) bond motifs is 1. The largest absolute Gasteiger partial charge is 0.294 e. The van der Waals surface area contributed by atoms with E-state index >= 15 is 0 Å². The molecule has 1 aliphatic carbocycles. The highest BCUT2D eigenvalue weighted by Crippen LogP contribution is 2.20. The molecule has 1 nitrogen and oxygen atoms in total. The Bertz CT molecular complexity index is 433. The number of carbonyl (C=O) groups excluding carboxylic acids is 1. The SMILES string of the molecule is O=C1CCc2ccccc21.c1ccccc1. The third kappa shape index (κ3) is 2.57. The molecule has 1 aliphatic rings. The third-order valence-corrected chi connectivity index (χ3v) is 2.61. The van der Waals surface area contributed by atoms with Crippen molar-refractivity contribution in [3.63, 3.8) is 0 Å². The second kappa shape index (κ2) is 5.26. The Hall–Kier alpha value is -1.89. The fraction of sp³-hybridized carbons (Fsp3) is 0.133. The van der Waals surface area contributed by atoms with Gasteiger partial charge in [0.25, 0.3) is 0 Å². The van der Waals surface area contributed by atoms with Crippen LogP contribution in [0.5, 0.6) is 0 Å². The van der Waals surface area contributed by atoms with E-state index in [0.717, 1.165) is 12.0 Å². The van der Waals surface area contributed by atoms with Crippen LogP contribution in [0.15, 0.2) is 60.7 Å². The lowest BCUT2D eigenvalue weighted by molar-refractivity contribution is 0.0994. The van der Waals surface area contributed by atoms with Crippen molar-refractivity contribution in [2.75, 3.05) is 0 Å². The van der Waals surface area contributed by atoms with Crippen LogP contribution in [0.4, 0.5) is 0 Å². The van der Waals surface area contributed by atoms with Crippen molar-refractivity contribution >= 4 is 5.78 Å². The van der Waals surface area contributed by atoms with E-state index in [4.69, 9.17) is 0 Å². The van der Waals surface area contributed by atoms with Gasteiger partial charge in [0.15, 0.2) is 5.78 Å². The fourth-order valence-corrected chi connectivity index (χ4v) is 1.78. The molecule has 3 rings (SSSR count). The molecule has 0 amide bonds.